The van der Waals surface area contributed by atoms with E-state index in [0.29, 0.717) is 6.04 Å². The van der Waals surface area contributed by atoms with E-state index in [2.05, 4.69) is 68.9 Å². The molecule has 0 radical (unpaired) electrons. The lowest BCUT2D eigenvalue weighted by atomic mass is 9.95. The number of unbranched alkanes of at least 4 members (excludes halogenated alkanes) is 5. The van der Waals surface area contributed by atoms with Gasteiger partial charge in [0.15, 0.2) is 0 Å². The second kappa shape index (κ2) is 21.4. The summed E-state index contributed by atoms with van der Waals surface area (Å²) in [5.74, 6) is -0.0906. The van der Waals surface area contributed by atoms with Crippen molar-refractivity contribution in [2.24, 2.45) is 0 Å². The minimum atomic E-state index is -0.0906. The maximum Gasteiger partial charge on any atom is 0.144 e. The van der Waals surface area contributed by atoms with Crippen LogP contribution in [-0.2, 0) is 0 Å². The van der Waals surface area contributed by atoms with E-state index >= 15 is 0 Å². The highest BCUT2D eigenvalue weighted by atomic mass is 15.5. The van der Waals surface area contributed by atoms with Gasteiger partial charge in [0, 0.05) is 26.2 Å². The Balaban J connectivity index is 6.09. The van der Waals surface area contributed by atoms with Crippen molar-refractivity contribution in [3.8, 4) is 0 Å². The summed E-state index contributed by atoms with van der Waals surface area (Å²) in [6, 6.07) is 0.455. The number of hydrogen-bond acceptors (Lipinski definition) is 4. The van der Waals surface area contributed by atoms with Crippen LogP contribution < -0.4 is 10.6 Å². The van der Waals surface area contributed by atoms with Crippen LogP contribution in [0.15, 0.2) is 0 Å². The molecule has 0 aliphatic heterocycles. The summed E-state index contributed by atoms with van der Waals surface area (Å²) in [5, 5.41) is 8.25. The van der Waals surface area contributed by atoms with Gasteiger partial charge >= 0.3 is 0 Å². The van der Waals surface area contributed by atoms with Crippen molar-refractivity contribution in [3.05, 3.63) is 0 Å². The van der Waals surface area contributed by atoms with Crippen LogP contribution in [-0.4, -0.2) is 60.9 Å². The number of nitrogens with one attached hydrogen (secondary N) is 2. The highest BCUT2D eigenvalue weighted by molar-refractivity contribution is 4.98. The molecule has 0 bridgehead atoms. The van der Waals surface area contributed by atoms with Crippen LogP contribution in [0.1, 0.15) is 132 Å². The molecule has 0 amide bonds. The largest absolute Gasteiger partial charge is 0.310 e. The smallest absolute Gasteiger partial charge is 0.144 e. The first-order valence-electron chi connectivity index (χ1n) is 14.6. The molecule has 194 valence electrons. The third-order valence-electron chi connectivity index (χ3n) is 6.55. The molecule has 2 N–H and O–H groups in total. The van der Waals surface area contributed by atoms with Crippen LogP contribution in [0.2, 0.25) is 0 Å². The van der Waals surface area contributed by atoms with Gasteiger partial charge in [-0.05, 0) is 58.0 Å². The Labute approximate surface area is 203 Å². The van der Waals surface area contributed by atoms with Crippen LogP contribution in [0.5, 0.6) is 0 Å². The summed E-state index contributed by atoms with van der Waals surface area (Å²) in [5.41, 5.74) is 0. The molecule has 0 heterocycles. The molecular weight excluding hydrogens is 392 g/mol. The van der Waals surface area contributed by atoms with E-state index in [4.69, 9.17) is 0 Å². The SMILES string of the molecule is CCCCCCCCC(NCCC)C(NCCC)(N(CCC)CCC)N(CCC)CCC. The van der Waals surface area contributed by atoms with Crippen LogP contribution >= 0.6 is 0 Å². The summed E-state index contributed by atoms with van der Waals surface area (Å²) in [4.78, 5) is 5.64. The second-order valence-electron chi connectivity index (χ2n) is 9.69. The van der Waals surface area contributed by atoms with E-state index in [1.54, 1.807) is 0 Å². The van der Waals surface area contributed by atoms with Crippen molar-refractivity contribution in [3.63, 3.8) is 0 Å². The van der Waals surface area contributed by atoms with Gasteiger partial charge in [-0.2, -0.15) is 0 Å². The minimum absolute atomic E-state index is 0.0906. The molecule has 0 aliphatic carbocycles. The van der Waals surface area contributed by atoms with Crippen LogP contribution in [0.3, 0.4) is 0 Å². The Kier molecular flexibility index (Phi) is 21.3. The molecule has 0 saturated carbocycles. The Hall–Kier alpha value is -0.160. The van der Waals surface area contributed by atoms with Gasteiger partial charge in [0.2, 0.25) is 0 Å². The van der Waals surface area contributed by atoms with Crippen molar-refractivity contribution in [1.82, 2.24) is 20.4 Å². The fraction of sp³-hybridized carbons (Fsp3) is 1.00. The third-order valence-corrected chi connectivity index (χ3v) is 6.55. The fourth-order valence-electron chi connectivity index (χ4n) is 5.17. The molecule has 0 aromatic rings. The molecule has 4 heteroatoms. The molecule has 1 unspecified atom stereocenters. The monoisotopic (exact) mass is 454 g/mol. The average molecular weight is 455 g/mol. The van der Waals surface area contributed by atoms with E-state index in [1.807, 2.05) is 0 Å². The van der Waals surface area contributed by atoms with E-state index < -0.39 is 0 Å². The normalized spacial score (nSPS) is 13.4. The molecule has 0 fully saturated rings. The lowest BCUT2D eigenvalue weighted by Gasteiger charge is -2.56. The molecule has 0 spiro atoms. The molecule has 0 rings (SSSR count). The highest BCUT2D eigenvalue weighted by Crippen LogP contribution is 2.28. The summed E-state index contributed by atoms with van der Waals surface area (Å²) in [7, 11) is 0. The first-order valence-corrected chi connectivity index (χ1v) is 14.6. The average Bonchev–Trinajstić information content (AvgIpc) is 2.79. The predicted molar refractivity (Wildman–Crippen MR) is 145 cm³/mol. The first kappa shape index (κ1) is 31.8. The molecule has 0 aliphatic rings. The number of rotatable bonds is 24. The van der Waals surface area contributed by atoms with Gasteiger partial charge in [-0.25, -0.2) is 0 Å². The Bertz CT molecular complexity index is 360. The van der Waals surface area contributed by atoms with Crippen molar-refractivity contribution >= 4 is 0 Å². The van der Waals surface area contributed by atoms with Gasteiger partial charge in [0.1, 0.15) is 5.79 Å². The maximum atomic E-state index is 4.18. The zero-order valence-electron chi connectivity index (χ0n) is 23.4. The Morgan fingerprint density at radius 1 is 0.531 bits per heavy atom. The van der Waals surface area contributed by atoms with Gasteiger partial charge in [-0.1, -0.05) is 87.0 Å². The van der Waals surface area contributed by atoms with Crippen LogP contribution in [0.25, 0.3) is 0 Å². The lowest BCUT2D eigenvalue weighted by molar-refractivity contribution is -0.114. The second-order valence-corrected chi connectivity index (χ2v) is 9.69. The standard InChI is InChI=1S/C28H62N4/c1-8-15-16-17-18-19-20-27(29-21-9-2)28(30-22-10-3,31(23-11-4)24-12-5)32(25-13-6)26-14-7/h27,29-30H,8-26H2,1-7H3. The summed E-state index contributed by atoms with van der Waals surface area (Å²) < 4.78 is 0. The van der Waals surface area contributed by atoms with Gasteiger partial charge in [-0.15, -0.1) is 0 Å². The molecule has 0 aromatic carbocycles. The number of hydrogen-bond donors (Lipinski definition) is 2. The summed E-state index contributed by atoms with van der Waals surface area (Å²) in [6.45, 7) is 23.1. The van der Waals surface area contributed by atoms with Crippen molar-refractivity contribution < 1.29 is 0 Å². The zero-order valence-corrected chi connectivity index (χ0v) is 23.4. The lowest BCUT2D eigenvalue weighted by Crippen LogP contribution is -2.77. The van der Waals surface area contributed by atoms with Crippen molar-refractivity contribution in [2.45, 2.75) is 144 Å². The van der Waals surface area contributed by atoms with Crippen molar-refractivity contribution in [2.75, 3.05) is 39.3 Å². The first-order chi connectivity index (χ1) is 15.6. The molecule has 32 heavy (non-hydrogen) atoms. The Morgan fingerprint density at radius 3 is 1.44 bits per heavy atom. The van der Waals surface area contributed by atoms with Gasteiger partial charge in [0.25, 0.3) is 0 Å². The van der Waals surface area contributed by atoms with Crippen LogP contribution in [0.4, 0.5) is 0 Å². The van der Waals surface area contributed by atoms with Gasteiger partial charge < -0.3 is 5.32 Å². The molecule has 4 nitrogen and oxygen atoms in total. The fourth-order valence-corrected chi connectivity index (χ4v) is 5.17. The summed E-state index contributed by atoms with van der Waals surface area (Å²) in [6.07, 6.45) is 16.7. The zero-order chi connectivity index (χ0) is 24.1. The van der Waals surface area contributed by atoms with Crippen LogP contribution in [0, 0.1) is 0 Å². The van der Waals surface area contributed by atoms with E-state index in [9.17, 15) is 0 Å². The molecule has 1 atom stereocenters. The maximum absolute atomic E-state index is 4.18. The Morgan fingerprint density at radius 2 is 1.00 bits per heavy atom. The van der Waals surface area contributed by atoms with E-state index in [1.165, 1.54) is 83.5 Å². The topological polar surface area (TPSA) is 30.5 Å². The quantitative estimate of drug-likeness (QED) is 0.121. The highest BCUT2D eigenvalue weighted by Gasteiger charge is 2.46. The third kappa shape index (κ3) is 11.3. The predicted octanol–water partition coefficient (Wildman–Crippen LogP) is 7.00. The van der Waals surface area contributed by atoms with Crippen molar-refractivity contribution in [1.29, 1.82) is 0 Å². The van der Waals surface area contributed by atoms with E-state index in [0.717, 1.165) is 39.3 Å². The van der Waals surface area contributed by atoms with Gasteiger partial charge in [0.05, 0.1) is 6.04 Å². The van der Waals surface area contributed by atoms with Gasteiger partial charge in [-0.3, -0.25) is 15.1 Å². The molecular formula is C28H62N4. The number of nitrogens with zero attached hydrogens (tertiary/aromatic N) is 2. The minimum Gasteiger partial charge on any atom is -0.310 e. The molecule has 0 aromatic heterocycles. The van der Waals surface area contributed by atoms with E-state index in [-0.39, 0.29) is 5.79 Å². The summed E-state index contributed by atoms with van der Waals surface area (Å²) >= 11 is 0. The molecule has 0 saturated heterocycles.